The third-order valence-electron chi connectivity index (χ3n) is 1.51. The smallest absolute Gasteiger partial charge is 0.152 e. The molecule has 0 atom stereocenters. The molecule has 1 heterocycles. The van der Waals surface area contributed by atoms with Gasteiger partial charge in [-0.3, -0.25) is 0 Å². The lowest BCUT2D eigenvalue weighted by molar-refractivity contribution is 0.393. The molecule has 1 aromatic carbocycles. The van der Waals surface area contributed by atoms with Gasteiger partial charge in [0.25, 0.3) is 0 Å². The number of aromatic nitrogens is 2. The first-order valence-corrected chi connectivity index (χ1v) is 4.48. The first-order chi connectivity index (χ1) is 5.88. The van der Waals surface area contributed by atoms with Crippen LogP contribution in [0.4, 0.5) is 0 Å². The van der Waals surface area contributed by atoms with Gasteiger partial charge < -0.3 is 4.52 Å². The molecule has 12 heavy (non-hydrogen) atoms. The molecule has 0 spiro atoms. The van der Waals surface area contributed by atoms with Crippen molar-refractivity contribution < 1.29 is 4.52 Å². The van der Waals surface area contributed by atoms with Gasteiger partial charge in [-0.2, -0.15) is 0 Å². The van der Waals surface area contributed by atoms with Gasteiger partial charge in [0.15, 0.2) is 6.26 Å². The van der Waals surface area contributed by atoms with Crippen molar-refractivity contribution in [1.29, 1.82) is 0 Å². The average Bonchev–Trinajstić information content (AvgIpc) is 2.57. The van der Waals surface area contributed by atoms with Crippen LogP contribution in [0.1, 0.15) is 0 Å². The summed E-state index contributed by atoms with van der Waals surface area (Å²) in [5, 5.41) is 7.24. The maximum absolute atomic E-state index is 4.66. The first kappa shape index (κ1) is 7.72. The van der Waals surface area contributed by atoms with E-state index in [1.165, 1.54) is 6.26 Å². The molecular formula is C8H5IN2O. The summed E-state index contributed by atoms with van der Waals surface area (Å²) in [6, 6.07) is 7.96. The van der Waals surface area contributed by atoms with Crippen molar-refractivity contribution in [3.05, 3.63) is 34.1 Å². The molecule has 0 radical (unpaired) electrons. The highest BCUT2D eigenvalue weighted by Gasteiger charge is 2.04. The molecule has 60 valence electrons. The van der Waals surface area contributed by atoms with E-state index in [1.54, 1.807) is 0 Å². The topological polar surface area (TPSA) is 38.9 Å². The van der Waals surface area contributed by atoms with Crippen molar-refractivity contribution in [3.8, 4) is 11.3 Å². The molecule has 2 rings (SSSR count). The number of rotatable bonds is 1. The average molecular weight is 272 g/mol. The number of hydrogen-bond donors (Lipinski definition) is 0. The minimum Gasteiger partial charge on any atom is -0.345 e. The van der Waals surface area contributed by atoms with Crippen LogP contribution in [0.5, 0.6) is 0 Å². The van der Waals surface area contributed by atoms with Crippen molar-refractivity contribution in [2.45, 2.75) is 0 Å². The van der Waals surface area contributed by atoms with Gasteiger partial charge >= 0.3 is 0 Å². The molecule has 3 nitrogen and oxygen atoms in total. The Morgan fingerprint density at radius 2 is 2.08 bits per heavy atom. The third-order valence-corrected chi connectivity index (χ3v) is 2.45. The minimum absolute atomic E-state index is 0.778. The van der Waals surface area contributed by atoms with Crippen LogP contribution in [-0.4, -0.2) is 10.4 Å². The Labute approximate surface area is 82.9 Å². The number of halogens is 1. The Bertz CT molecular complexity index is 372. The van der Waals surface area contributed by atoms with Crippen molar-refractivity contribution in [2.24, 2.45) is 0 Å². The van der Waals surface area contributed by atoms with Crippen molar-refractivity contribution in [2.75, 3.05) is 0 Å². The first-order valence-electron chi connectivity index (χ1n) is 3.40. The summed E-state index contributed by atoms with van der Waals surface area (Å²) in [6.07, 6.45) is 1.54. The summed E-state index contributed by atoms with van der Waals surface area (Å²) < 4.78 is 5.80. The van der Waals surface area contributed by atoms with Gasteiger partial charge in [0.1, 0.15) is 5.69 Å². The van der Waals surface area contributed by atoms with Gasteiger partial charge in [-0.25, -0.2) is 0 Å². The van der Waals surface area contributed by atoms with Crippen LogP contribution < -0.4 is 0 Å². The second-order valence-electron chi connectivity index (χ2n) is 2.27. The second kappa shape index (κ2) is 3.22. The van der Waals surface area contributed by atoms with Gasteiger partial charge in [-0.1, -0.05) is 18.2 Å². The summed E-state index contributed by atoms with van der Waals surface area (Å²) >= 11 is 2.25. The Morgan fingerprint density at radius 3 is 2.75 bits per heavy atom. The van der Waals surface area contributed by atoms with E-state index in [1.807, 2.05) is 24.3 Å². The lowest BCUT2D eigenvalue weighted by atomic mass is 10.2. The minimum atomic E-state index is 0.778. The lowest BCUT2D eigenvalue weighted by Gasteiger charge is -1.96. The predicted octanol–water partition coefficient (Wildman–Crippen LogP) is 2.34. The van der Waals surface area contributed by atoms with Gasteiger partial charge in [0.05, 0.1) is 0 Å². The summed E-state index contributed by atoms with van der Waals surface area (Å²) in [6.45, 7) is 0. The zero-order valence-corrected chi connectivity index (χ0v) is 8.22. The van der Waals surface area contributed by atoms with Crippen LogP contribution in [0, 0.1) is 3.57 Å². The van der Waals surface area contributed by atoms with Crippen LogP contribution in [0.25, 0.3) is 11.3 Å². The monoisotopic (exact) mass is 272 g/mol. The molecule has 0 unspecified atom stereocenters. The van der Waals surface area contributed by atoms with E-state index in [2.05, 4.69) is 37.5 Å². The maximum atomic E-state index is 4.66. The van der Waals surface area contributed by atoms with Crippen molar-refractivity contribution in [1.82, 2.24) is 10.4 Å². The van der Waals surface area contributed by atoms with Crippen LogP contribution in [0.2, 0.25) is 0 Å². The van der Waals surface area contributed by atoms with E-state index in [0.29, 0.717) is 0 Å². The predicted molar refractivity (Wildman–Crippen MR) is 52.5 cm³/mol. The largest absolute Gasteiger partial charge is 0.345 e. The van der Waals surface area contributed by atoms with E-state index in [-0.39, 0.29) is 0 Å². The normalized spacial score (nSPS) is 10.1. The lowest BCUT2D eigenvalue weighted by Crippen LogP contribution is -1.81. The van der Waals surface area contributed by atoms with Crippen LogP contribution >= 0.6 is 22.6 Å². The summed E-state index contributed by atoms with van der Waals surface area (Å²) in [7, 11) is 0. The van der Waals surface area contributed by atoms with E-state index >= 15 is 0 Å². The Morgan fingerprint density at radius 1 is 1.25 bits per heavy atom. The quantitative estimate of drug-likeness (QED) is 0.748. The summed E-state index contributed by atoms with van der Waals surface area (Å²) in [5.74, 6) is 0. The zero-order chi connectivity index (χ0) is 8.39. The van der Waals surface area contributed by atoms with Crippen LogP contribution in [0.15, 0.2) is 35.1 Å². The molecule has 0 N–H and O–H groups in total. The Balaban J connectivity index is 2.55. The zero-order valence-electron chi connectivity index (χ0n) is 6.07. The molecule has 0 fully saturated rings. The van der Waals surface area contributed by atoms with Crippen LogP contribution in [-0.2, 0) is 0 Å². The Kier molecular flexibility index (Phi) is 2.07. The molecule has 2 aromatic rings. The second-order valence-corrected chi connectivity index (χ2v) is 3.43. The molecular weight excluding hydrogens is 267 g/mol. The fourth-order valence-corrected chi connectivity index (χ4v) is 1.61. The molecule has 0 aliphatic rings. The molecule has 0 saturated carbocycles. The molecule has 0 saturated heterocycles. The van der Waals surface area contributed by atoms with E-state index < -0.39 is 0 Å². The van der Waals surface area contributed by atoms with Crippen LogP contribution in [0.3, 0.4) is 0 Å². The van der Waals surface area contributed by atoms with Crippen molar-refractivity contribution >= 4 is 22.6 Å². The molecule has 4 heteroatoms. The van der Waals surface area contributed by atoms with Gasteiger partial charge in [0.2, 0.25) is 0 Å². The summed E-state index contributed by atoms with van der Waals surface area (Å²) in [4.78, 5) is 0. The Hall–Kier alpha value is -0.910. The van der Waals surface area contributed by atoms with E-state index in [0.717, 1.165) is 14.8 Å². The van der Waals surface area contributed by atoms with Gasteiger partial charge in [-0.15, -0.1) is 5.10 Å². The fraction of sp³-hybridized carbons (Fsp3) is 0. The van der Waals surface area contributed by atoms with Gasteiger partial charge in [0, 0.05) is 14.4 Å². The number of hydrogen-bond acceptors (Lipinski definition) is 3. The van der Waals surface area contributed by atoms with Crippen molar-refractivity contribution in [3.63, 3.8) is 0 Å². The highest BCUT2D eigenvalue weighted by molar-refractivity contribution is 14.1. The summed E-state index contributed by atoms with van der Waals surface area (Å²) in [5.41, 5.74) is 1.83. The molecule has 1 aromatic heterocycles. The van der Waals surface area contributed by atoms with E-state index in [4.69, 9.17) is 0 Å². The highest BCUT2D eigenvalue weighted by atomic mass is 127. The fourth-order valence-electron chi connectivity index (χ4n) is 0.951. The SMILES string of the molecule is Ic1ccccc1-c1conn1. The molecule has 0 aliphatic carbocycles. The number of benzene rings is 1. The number of nitrogens with zero attached hydrogens (tertiary/aromatic N) is 2. The standard InChI is InChI=1S/C8H5IN2O/c9-7-4-2-1-3-6(7)8-5-12-11-10-8/h1-5H. The molecule has 0 aliphatic heterocycles. The third kappa shape index (κ3) is 1.34. The molecule has 0 bridgehead atoms. The molecule has 0 amide bonds. The van der Waals surface area contributed by atoms with Gasteiger partial charge in [-0.05, 0) is 28.7 Å². The van der Waals surface area contributed by atoms with E-state index in [9.17, 15) is 0 Å². The highest BCUT2D eigenvalue weighted by Crippen LogP contribution is 2.21. The maximum Gasteiger partial charge on any atom is 0.152 e.